The van der Waals surface area contributed by atoms with Crippen LogP contribution in [0, 0.1) is 6.92 Å². The van der Waals surface area contributed by atoms with Gasteiger partial charge in [-0.15, -0.1) is 0 Å². The van der Waals surface area contributed by atoms with Crippen molar-refractivity contribution in [3.63, 3.8) is 0 Å². The van der Waals surface area contributed by atoms with E-state index >= 15 is 0 Å². The number of nitrogens with zero attached hydrogens (tertiary/aromatic N) is 1. The molecular formula is C21H21NO4S. The molecule has 0 radical (unpaired) electrons. The number of amides is 2. The molecule has 0 aliphatic carbocycles. The second kappa shape index (κ2) is 8.31. The third-order valence-electron chi connectivity index (χ3n) is 4.08. The van der Waals surface area contributed by atoms with E-state index in [1.54, 1.807) is 25.3 Å². The maximum Gasteiger partial charge on any atom is 0.293 e. The van der Waals surface area contributed by atoms with Crippen molar-refractivity contribution in [3.8, 4) is 11.5 Å². The Morgan fingerprint density at radius 2 is 1.93 bits per heavy atom. The van der Waals surface area contributed by atoms with Crippen molar-refractivity contribution in [2.75, 3.05) is 13.7 Å². The van der Waals surface area contributed by atoms with Gasteiger partial charge in [-0.05, 0) is 54.9 Å². The van der Waals surface area contributed by atoms with E-state index in [0.717, 1.165) is 28.5 Å². The highest BCUT2D eigenvalue weighted by atomic mass is 32.2. The third kappa shape index (κ3) is 4.34. The number of imide groups is 1. The minimum Gasteiger partial charge on any atom is -0.493 e. The van der Waals surface area contributed by atoms with Gasteiger partial charge < -0.3 is 9.47 Å². The highest BCUT2D eigenvalue weighted by Gasteiger charge is 2.35. The fourth-order valence-electron chi connectivity index (χ4n) is 2.83. The van der Waals surface area contributed by atoms with Crippen molar-refractivity contribution in [1.82, 2.24) is 4.90 Å². The summed E-state index contributed by atoms with van der Waals surface area (Å²) >= 11 is 0.954. The predicted octanol–water partition coefficient (Wildman–Crippen LogP) is 4.64. The van der Waals surface area contributed by atoms with Gasteiger partial charge in [0.1, 0.15) is 0 Å². The number of rotatable bonds is 6. The maximum absolute atomic E-state index is 12.7. The molecule has 5 nitrogen and oxygen atoms in total. The van der Waals surface area contributed by atoms with Gasteiger partial charge in [-0.1, -0.05) is 35.9 Å². The van der Waals surface area contributed by atoms with Gasteiger partial charge in [0.05, 0.1) is 25.2 Å². The van der Waals surface area contributed by atoms with E-state index in [9.17, 15) is 9.59 Å². The zero-order chi connectivity index (χ0) is 19.4. The van der Waals surface area contributed by atoms with E-state index in [4.69, 9.17) is 9.47 Å². The average molecular weight is 383 g/mol. The highest BCUT2D eigenvalue weighted by Crippen LogP contribution is 2.35. The summed E-state index contributed by atoms with van der Waals surface area (Å²) in [7, 11) is 1.57. The summed E-state index contributed by atoms with van der Waals surface area (Å²) in [6.07, 6.45) is 1.71. The molecule has 0 spiro atoms. The molecule has 1 fully saturated rings. The monoisotopic (exact) mass is 383 g/mol. The number of hydrogen-bond donors (Lipinski definition) is 0. The van der Waals surface area contributed by atoms with Crippen LogP contribution in [0.4, 0.5) is 4.79 Å². The van der Waals surface area contributed by atoms with Crippen molar-refractivity contribution in [1.29, 1.82) is 0 Å². The molecule has 1 aliphatic heterocycles. The number of ether oxygens (including phenoxy) is 2. The number of hydrogen-bond acceptors (Lipinski definition) is 5. The first-order valence-electron chi connectivity index (χ1n) is 8.63. The van der Waals surface area contributed by atoms with Crippen LogP contribution < -0.4 is 9.47 Å². The van der Waals surface area contributed by atoms with Crippen LogP contribution in [-0.2, 0) is 11.3 Å². The Morgan fingerprint density at radius 3 is 2.63 bits per heavy atom. The van der Waals surface area contributed by atoms with Gasteiger partial charge in [0, 0.05) is 0 Å². The van der Waals surface area contributed by atoms with Crippen LogP contribution in [0.1, 0.15) is 23.6 Å². The Labute approximate surface area is 163 Å². The molecule has 0 saturated carbocycles. The molecule has 140 valence electrons. The lowest BCUT2D eigenvalue weighted by atomic mass is 10.1. The van der Waals surface area contributed by atoms with Crippen LogP contribution >= 0.6 is 11.8 Å². The van der Waals surface area contributed by atoms with Crippen molar-refractivity contribution < 1.29 is 19.1 Å². The van der Waals surface area contributed by atoms with Gasteiger partial charge in [-0.25, -0.2) is 0 Å². The van der Waals surface area contributed by atoms with Crippen molar-refractivity contribution in [3.05, 3.63) is 64.1 Å². The van der Waals surface area contributed by atoms with E-state index in [0.29, 0.717) is 23.0 Å². The van der Waals surface area contributed by atoms with Crippen LogP contribution in [0.25, 0.3) is 6.08 Å². The van der Waals surface area contributed by atoms with E-state index in [-0.39, 0.29) is 17.7 Å². The summed E-state index contributed by atoms with van der Waals surface area (Å²) in [5.74, 6) is 0.952. The van der Waals surface area contributed by atoms with Gasteiger partial charge >= 0.3 is 0 Å². The first-order valence-corrected chi connectivity index (χ1v) is 9.45. The second-order valence-electron chi connectivity index (χ2n) is 6.10. The molecule has 0 unspecified atom stereocenters. The van der Waals surface area contributed by atoms with E-state index in [1.165, 1.54) is 4.90 Å². The zero-order valence-corrected chi connectivity index (χ0v) is 16.3. The molecule has 2 aromatic carbocycles. The van der Waals surface area contributed by atoms with Gasteiger partial charge in [-0.2, -0.15) is 0 Å². The van der Waals surface area contributed by atoms with Crippen LogP contribution in [0.5, 0.6) is 11.5 Å². The Hall–Kier alpha value is -2.73. The number of carbonyl (C=O) groups excluding carboxylic acids is 2. The first-order chi connectivity index (χ1) is 13.0. The zero-order valence-electron chi connectivity index (χ0n) is 15.5. The lowest BCUT2D eigenvalue weighted by Crippen LogP contribution is -2.27. The Balaban J connectivity index is 1.81. The molecule has 6 heteroatoms. The normalized spacial score (nSPS) is 15.5. The van der Waals surface area contributed by atoms with Gasteiger partial charge in [0.2, 0.25) is 0 Å². The van der Waals surface area contributed by atoms with Crippen molar-refractivity contribution in [2.24, 2.45) is 0 Å². The lowest BCUT2D eigenvalue weighted by Gasteiger charge is -2.12. The molecule has 2 amide bonds. The summed E-state index contributed by atoms with van der Waals surface area (Å²) in [6.45, 7) is 4.69. The minimum absolute atomic E-state index is 0.259. The Morgan fingerprint density at radius 1 is 1.11 bits per heavy atom. The number of methoxy groups -OCH3 is 1. The fraction of sp³-hybridized carbons (Fsp3) is 0.238. The molecule has 1 saturated heterocycles. The maximum atomic E-state index is 12.7. The van der Waals surface area contributed by atoms with E-state index in [1.807, 2.05) is 44.2 Å². The molecule has 3 rings (SSSR count). The quantitative estimate of drug-likeness (QED) is 0.680. The summed E-state index contributed by atoms with van der Waals surface area (Å²) in [5, 5.41) is -0.259. The molecule has 0 bridgehead atoms. The summed E-state index contributed by atoms with van der Waals surface area (Å²) in [5.41, 5.74) is 2.80. The highest BCUT2D eigenvalue weighted by molar-refractivity contribution is 8.18. The number of benzene rings is 2. The number of thioether (sulfide) groups is 1. The van der Waals surface area contributed by atoms with Crippen LogP contribution in [-0.4, -0.2) is 29.8 Å². The SMILES string of the molecule is CCOc1ccc(/C=C2\SC(=O)N(Cc3cccc(C)c3)C2=O)cc1OC. The van der Waals surface area contributed by atoms with Crippen molar-refractivity contribution >= 4 is 29.0 Å². The lowest BCUT2D eigenvalue weighted by molar-refractivity contribution is -0.123. The number of aryl methyl sites for hydroxylation is 1. The van der Waals surface area contributed by atoms with E-state index in [2.05, 4.69) is 0 Å². The van der Waals surface area contributed by atoms with Crippen LogP contribution in [0.3, 0.4) is 0 Å². The predicted molar refractivity (Wildman–Crippen MR) is 107 cm³/mol. The molecule has 1 heterocycles. The minimum atomic E-state index is -0.278. The summed E-state index contributed by atoms with van der Waals surface area (Å²) in [4.78, 5) is 26.7. The van der Waals surface area contributed by atoms with Gasteiger partial charge in [-0.3, -0.25) is 14.5 Å². The molecule has 0 atom stereocenters. The summed E-state index contributed by atoms with van der Waals surface area (Å²) in [6, 6.07) is 13.2. The molecular weight excluding hydrogens is 362 g/mol. The second-order valence-corrected chi connectivity index (χ2v) is 7.09. The van der Waals surface area contributed by atoms with Crippen LogP contribution in [0.15, 0.2) is 47.4 Å². The van der Waals surface area contributed by atoms with Crippen LogP contribution in [0.2, 0.25) is 0 Å². The summed E-state index contributed by atoms with van der Waals surface area (Å²) < 4.78 is 10.8. The standard InChI is InChI=1S/C21H21NO4S/c1-4-26-17-9-8-15(11-18(17)25-3)12-19-20(23)22(21(24)27-19)13-16-7-5-6-14(2)10-16/h5-12H,4,13H2,1-3H3/b19-12-. The van der Waals surface area contributed by atoms with E-state index < -0.39 is 0 Å². The topological polar surface area (TPSA) is 55.8 Å². The molecule has 2 aromatic rings. The number of carbonyl (C=O) groups is 2. The van der Waals surface area contributed by atoms with Gasteiger partial charge in [0.15, 0.2) is 11.5 Å². The first kappa shape index (κ1) is 19.0. The smallest absolute Gasteiger partial charge is 0.293 e. The fourth-order valence-corrected chi connectivity index (χ4v) is 3.67. The molecule has 0 N–H and O–H groups in total. The van der Waals surface area contributed by atoms with Gasteiger partial charge in [0.25, 0.3) is 11.1 Å². The Bertz CT molecular complexity index is 907. The average Bonchev–Trinajstić information content (AvgIpc) is 2.90. The largest absolute Gasteiger partial charge is 0.493 e. The van der Waals surface area contributed by atoms with Crippen molar-refractivity contribution in [2.45, 2.75) is 20.4 Å². The molecule has 0 aromatic heterocycles. The third-order valence-corrected chi connectivity index (χ3v) is 4.99. The molecule has 1 aliphatic rings. The Kier molecular flexibility index (Phi) is 5.86. The molecule has 27 heavy (non-hydrogen) atoms.